The molecule has 12 N–H and O–H groups in total. The van der Waals surface area contributed by atoms with Gasteiger partial charge in [0.2, 0.25) is 0 Å². The van der Waals surface area contributed by atoms with Crippen LogP contribution in [0.1, 0.15) is 0 Å². The summed E-state index contributed by atoms with van der Waals surface area (Å²) in [4.78, 5) is 0. The van der Waals surface area contributed by atoms with Crippen LogP contribution in [0.25, 0.3) is 0 Å². The predicted molar refractivity (Wildman–Crippen MR) is 49.6 cm³/mol. The van der Waals surface area contributed by atoms with Crippen molar-refractivity contribution >= 4 is 29.3 Å². The van der Waals surface area contributed by atoms with Crippen molar-refractivity contribution in [1.82, 2.24) is 0 Å². The van der Waals surface area contributed by atoms with E-state index in [0.29, 0.717) is 0 Å². The molecule has 0 aromatic heterocycles. The Morgan fingerprint density at radius 3 is 0.227 bits per heavy atom. The minimum atomic E-state index is -2.17. The summed E-state index contributed by atoms with van der Waals surface area (Å²) < 4.78 is 0. The third kappa shape index (κ3) is 963. The Hall–Kier alpha value is 3.52. The molecule has 0 unspecified atom stereocenters. The molecule has 0 saturated heterocycles. The first-order chi connectivity index (χ1) is 6.93. The zero-order chi connectivity index (χ0) is 14.3. The van der Waals surface area contributed by atoms with Crippen molar-refractivity contribution in [3.63, 3.8) is 0 Å². The van der Waals surface area contributed by atoms with E-state index in [9.17, 15) is 0 Å². The van der Waals surface area contributed by atoms with Crippen LogP contribution in [-0.2, 0) is 117 Å². The van der Waals surface area contributed by atoms with Gasteiger partial charge in [-0.3, -0.25) is 0 Å². The molecule has 0 fully saturated rings. The second-order valence-corrected chi connectivity index (χ2v) is 1.39. The van der Waals surface area contributed by atoms with E-state index < -0.39 is 29.3 Å². The van der Waals surface area contributed by atoms with Gasteiger partial charge in [0.05, 0.1) is 0 Å². The molecule has 0 aliphatic heterocycles. The van der Waals surface area contributed by atoms with Crippen LogP contribution in [0.3, 0.4) is 0 Å². The minimum absolute atomic E-state index is 0. The van der Waals surface area contributed by atoms with Crippen molar-refractivity contribution in [3.05, 3.63) is 0 Å². The number of rotatable bonds is 0. The second-order valence-electron chi connectivity index (χ2n) is 1.39. The monoisotopic (exact) mass is 632 g/mol. The molecule has 0 spiro atoms. The fourth-order valence-electron chi connectivity index (χ4n) is 0. The van der Waals surface area contributed by atoms with Gasteiger partial charge in [-0.05, 0) is 0 Å². The van der Waals surface area contributed by atoms with Gasteiger partial charge in [0, 0.05) is 117 Å². The summed E-state index contributed by atoms with van der Waals surface area (Å²) in [6, 6.07) is 0. The van der Waals surface area contributed by atoms with Crippen LogP contribution in [0, 0.1) is 0 Å². The van der Waals surface area contributed by atoms with Crippen molar-refractivity contribution in [2.24, 2.45) is 0 Å². The molecular formula is H12B4O12Zn6. The van der Waals surface area contributed by atoms with Crippen molar-refractivity contribution < 1.29 is 177 Å². The Kier molecular flexibility index (Phi) is 163. The van der Waals surface area contributed by atoms with E-state index in [-0.39, 0.29) is 117 Å². The van der Waals surface area contributed by atoms with Crippen molar-refractivity contribution in [1.29, 1.82) is 0 Å². The van der Waals surface area contributed by atoms with Gasteiger partial charge in [0.1, 0.15) is 0 Å². The maximum Gasteiger partial charge on any atom is 0.631 e. The SMILES string of the molecule is OB(O)O.OB(O)O.OB(O)O.OB(O)O.[Zn].[Zn].[Zn].[Zn].[Zn].[Zn]. The van der Waals surface area contributed by atoms with Crippen LogP contribution in [0.15, 0.2) is 0 Å². The van der Waals surface area contributed by atoms with Gasteiger partial charge in [-0.2, -0.15) is 0 Å². The first kappa shape index (κ1) is 63.7. The Labute approximate surface area is 204 Å². The van der Waals surface area contributed by atoms with Crippen LogP contribution in [0.4, 0.5) is 0 Å². The molecule has 12 nitrogen and oxygen atoms in total. The van der Waals surface area contributed by atoms with E-state index in [0.717, 1.165) is 0 Å². The standard InChI is InChI=1S/4BH3O3.6Zn/c4*2-1(3)4;;;;;;/h4*2-4H;;;;;;. The van der Waals surface area contributed by atoms with E-state index in [2.05, 4.69) is 0 Å². The molecule has 0 amide bonds. The molecule has 0 aliphatic carbocycles. The summed E-state index contributed by atoms with van der Waals surface area (Å²) in [7, 11) is -8.67. The third-order valence-electron chi connectivity index (χ3n) is 0. The zero-order valence-corrected chi connectivity index (χ0v) is 29.7. The van der Waals surface area contributed by atoms with E-state index in [1.165, 1.54) is 0 Å². The quantitative estimate of drug-likeness (QED) is 0.111. The molecule has 0 rings (SSSR count). The van der Waals surface area contributed by atoms with Crippen LogP contribution in [0.2, 0.25) is 0 Å². The summed E-state index contributed by atoms with van der Waals surface area (Å²) in [6.45, 7) is 0. The maximum atomic E-state index is 7.17. The van der Waals surface area contributed by atoms with Gasteiger partial charge in [-0.15, -0.1) is 0 Å². The Morgan fingerprint density at radius 2 is 0.227 bits per heavy atom. The molecule has 0 atom stereocenters. The third-order valence-corrected chi connectivity index (χ3v) is 0. The molecule has 0 bridgehead atoms. The first-order valence-corrected chi connectivity index (χ1v) is 3.10. The maximum absolute atomic E-state index is 7.17. The van der Waals surface area contributed by atoms with Gasteiger partial charge in [0.25, 0.3) is 0 Å². The average molecular weight is 640 g/mol. The fraction of sp³-hybridized carbons (Fsp3) is 0. The summed E-state index contributed by atoms with van der Waals surface area (Å²) in [6.07, 6.45) is 0. The van der Waals surface area contributed by atoms with Gasteiger partial charge in [-0.25, -0.2) is 0 Å². The molecule has 0 radical (unpaired) electrons. The van der Waals surface area contributed by atoms with Crippen molar-refractivity contribution in [2.45, 2.75) is 0 Å². The van der Waals surface area contributed by atoms with E-state index >= 15 is 0 Å². The summed E-state index contributed by atoms with van der Waals surface area (Å²) in [5, 5.41) is 86.0. The number of hydrogen-bond donors (Lipinski definition) is 12. The van der Waals surface area contributed by atoms with Crippen LogP contribution in [-0.4, -0.2) is 89.6 Å². The molecule has 0 aliphatic rings. The van der Waals surface area contributed by atoms with Crippen LogP contribution in [0.5, 0.6) is 0 Å². The minimum Gasteiger partial charge on any atom is -0.402 e. The van der Waals surface area contributed by atoms with Gasteiger partial charge in [0.15, 0.2) is 0 Å². The predicted octanol–water partition coefficient (Wildman–Crippen LogP) is -8.22. The second kappa shape index (κ2) is 56.3. The molecular weight excluding hydrogens is 628 g/mol. The Balaban J connectivity index is -0.00000001000. The summed E-state index contributed by atoms with van der Waals surface area (Å²) in [5.41, 5.74) is 0. The van der Waals surface area contributed by atoms with E-state index in [1.807, 2.05) is 0 Å². The van der Waals surface area contributed by atoms with E-state index in [1.54, 1.807) is 0 Å². The Morgan fingerprint density at radius 1 is 0.227 bits per heavy atom. The van der Waals surface area contributed by atoms with E-state index in [4.69, 9.17) is 60.3 Å². The number of hydrogen-bond acceptors (Lipinski definition) is 12. The largest absolute Gasteiger partial charge is 0.631 e. The van der Waals surface area contributed by atoms with Crippen molar-refractivity contribution in [3.8, 4) is 0 Å². The van der Waals surface area contributed by atoms with Gasteiger partial charge < -0.3 is 60.3 Å². The van der Waals surface area contributed by atoms with Crippen LogP contribution >= 0.6 is 0 Å². The molecule has 108 valence electrons. The van der Waals surface area contributed by atoms with Crippen molar-refractivity contribution in [2.75, 3.05) is 0 Å². The molecule has 0 aromatic rings. The molecule has 0 heterocycles. The average Bonchev–Trinajstić information content (AvgIpc) is 1.76. The summed E-state index contributed by atoms with van der Waals surface area (Å²) in [5.74, 6) is 0. The van der Waals surface area contributed by atoms with Crippen LogP contribution < -0.4 is 0 Å². The molecule has 22 heteroatoms. The normalized spacial score (nSPS) is 4.91. The molecule has 22 heavy (non-hydrogen) atoms. The summed E-state index contributed by atoms with van der Waals surface area (Å²) >= 11 is 0. The molecule has 0 saturated carbocycles. The van der Waals surface area contributed by atoms with Gasteiger partial charge in [-0.1, -0.05) is 0 Å². The zero-order valence-electron chi connectivity index (χ0n) is 11.9. The Bertz CT molecular complexity index is 74.6. The topological polar surface area (TPSA) is 243 Å². The first-order valence-electron chi connectivity index (χ1n) is 3.10. The van der Waals surface area contributed by atoms with Gasteiger partial charge >= 0.3 is 29.3 Å². The fourth-order valence-corrected chi connectivity index (χ4v) is 0. The molecule has 0 aromatic carbocycles. The smallest absolute Gasteiger partial charge is 0.402 e.